The maximum absolute atomic E-state index is 12.2. The standard InChI is InChI=1S/C30H36O2/c1-32-30(31)29-23-27(20-12-4-10-18-25-14-6-2-7-15-25)22-28(24-29)21-13-5-11-19-26-16-8-3-9-17-26/h2-3,6-9,14-17,22-24H,4-5,10-13,18-21H2,1H3. The van der Waals surface area contributed by atoms with Crippen molar-refractivity contribution in [3.63, 3.8) is 0 Å². The van der Waals surface area contributed by atoms with Crippen molar-refractivity contribution >= 4 is 5.97 Å². The molecule has 0 unspecified atom stereocenters. The number of rotatable bonds is 13. The van der Waals surface area contributed by atoms with Gasteiger partial charge >= 0.3 is 5.97 Å². The number of benzene rings is 3. The van der Waals surface area contributed by atoms with E-state index in [1.165, 1.54) is 55.0 Å². The normalized spacial score (nSPS) is 10.8. The summed E-state index contributed by atoms with van der Waals surface area (Å²) in [6.07, 6.45) is 11.4. The van der Waals surface area contributed by atoms with E-state index in [1.54, 1.807) is 0 Å². The van der Waals surface area contributed by atoms with Crippen molar-refractivity contribution in [1.82, 2.24) is 0 Å². The Hall–Kier alpha value is -2.87. The lowest BCUT2D eigenvalue weighted by Gasteiger charge is -2.10. The van der Waals surface area contributed by atoms with Gasteiger partial charge in [0.05, 0.1) is 12.7 Å². The monoisotopic (exact) mass is 428 g/mol. The van der Waals surface area contributed by atoms with Crippen LogP contribution in [0.2, 0.25) is 0 Å². The summed E-state index contributed by atoms with van der Waals surface area (Å²) in [5.74, 6) is -0.235. The molecule has 2 nitrogen and oxygen atoms in total. The van der Waals surface area contributed by atoms with E-state index in [2.05, 4.69) is 66.7 Å². The molecule has 0 N–H and O–H groups in total. The second kappa shape index (κ2) is 13.5. The number of ether oxygens (including phenoxy) is 1. The molecule has 0 aliphatic rings. The Balaban J connectivity index is 1.46. The fourth-order valence-electron chi connectivity index (χ4n) is 4.25. The second-order valence-corrected chi connectivity index (χ2v) is 8.62. The highest BCUT2D eigenvalue weighted by Crippen LogP contribution is 2.18. The van der Waals surface area contributed by atoms with E-state index < -0.39 is 0 Å². The summed E-state index contributed by atoms with van der Waals surface area (Å²) in [7, 11) is 1.46. The average Bonchev–Trinajstić information content (AvgIpc) is 2.84. The number of methoxy groups -OCH3 is 1. The van der Waals surface area contributed by atoms with Crippen molar-refractivity contribution in [1.29, 1.82) is 0 Å². The lowest BCUT2D eigenvalue weighted by Crippen LogP contribution is -2.04. The van der Waals surface area contributed by atoms with E-state index >= 15 is 0 Å². The molecule has 0 atom stereocenters. The van der Waals surface area contributed by atoms with E-state index in [9.17, 15) is 4.79 Å². The first-order valence-electron chi connectivity index (χ1n) is 12.0. The predicted molar refractivity (Wildman–Crippen MR) is 133 cm³/mol. The van der Waals surface area contributed by atoms with Crippen LogP contribution in [0.4, 0.5) is 0 Å². The molecule has 0 aliphatic carbocycles. The third-order valence-corrected chi connectivity index (χ3v) is 6.02. The van der Waals surface area contributed by atoms with E-state index in [0.717, 1.165) is 38.5 Å². The highest BCUT2D eigenvalue weighted by Gasteiger charge is 2.09. The molecule has 0 spiro atoms. The lowest BCUT2D eigenvalue weighted by molar-refractivity contribution is 0.0600. The third-order valence-electron chi connectivity index (χ3n) is 6.02. The van der Waals surface area contributed by atoms with Crippen LogP contribution < -0.4 is 0 Å². The summed E-state index contributed by atoms with van der Waals surface area (Å²) < 4.78 is 4.99. The SMILES string of the molecule is COC(=O)c1cc(CCCCCc2ccccc2)cc(CCCCCc2ccccc2)c1. The average molecular weight is 429 g/mol. The van der Waals surface area contributed by atoms with Crippen LogP contribution >= 0.6 is 0 Å². The first-order valence-corrected chi connectivity index (χ1v) is 12.0. The molecule has 168 valence electrons. The van der Waals surface area contributed by atoms with Crippen LogP contribution in [0.25, 0.3) is 0 Å². The zero-order valence-corrected chi connectivity index (χ0v) is 19.4. The number of carbonyl (C=O) groups excluding carboxylic acids is 1. The quantitative estimate of drug-likeness (QED) is 0.210. The van der Waals surface area contributed by atoms with Crippen LogP contribution in [0.1, 0.15) is 71.1 Å². The predicted octanol–water partition coefficient (Wildman–Crippen LogP) is 7.38. The van der Waals surface area contributed by atoms with Crippen molar-refractivity contribution < 1.29 is 9.53 Å². The second-order valence-electron chi connectivity index (χ2n) is 8.62. The Morgan fingerprint density at radius 3 is 1.38 bits per heavy atom. The van der Waals surface area contributed by atoms with Gasteiger partial charge in [0.15, 0.2) is 0 Å². The maximum Gasteiger partial charge on any atom is 0.337 e. The number of hydrogen-bond acceptors (Lipinski definition) is 2. The third kappa shape index (κ3) is 8.34. The summed E-state index contributed by atoms with van der Waals surface area (Å²) in [5.41, 5.74) is 6.02. The summed E-state index contributed by atoms with van der Waals surface area (Å²) in [4.78, 5) is 12.2. The number of unbranched alkanes of at least 4 members (excludes halogenated alkanes) is 4. The molecule has 3 rings (SSSR count). The Labute approximate surface area is 193 Å². The largest absolute Gasteiger partial charge is 0.465 e. The molecule has 0 heterocycles. The van der Waals surface area contributed by atoms with Crippen molar-refractivity contribution in [2.45, 2.75) is 64.2 Å². The molecule has 0 amide bonds. The summed E-state index contributed by atoms with van der Waals surface area (Å²) in [6, 6.07) is 27.7. The molecule has 3 aromatic rings. The molecule has 0 saturated heterocycles. The molecule has 32 heavy (non-hydrogen) atoms. The minimum atomic E-state index is -0.235. The summed E-state index contributed by atoms with van der Waals surface area (Å²) in [6.45, 7) is 0. The van der Waals surface area contributed by atoms with Crippen molar-refractivity contribution in [3.05, 3.63) is 107 Å². The number of hydrogen-bond donors (Lipinski definition) is 0. The molecule has 0 saturated carbocycles. The number of aryl methyl sites for hydroxylation is 4. The van der Waals surface area contributed by atoms with Crippen LogP contribution in [-0.4, -0.2) is 13.1 Å². The van der Waals surface area contributed by atoms with Crippen molar-refractivity contribution in [2.75, 3.05) is 7.11 Å². The lowest BCUT2D eigenvalue weighted by atomic mass is 9.97. The van der Waals surface area contributed by atoms with Gasteiger partial charge < -0.3 is 4.74 Å². The Morgan fingerprint density at radius 1 is 0.562 bits per heavy atom. The number of esters is 1. The van der Waals surface area contributed by atoms with Gasteiger partial charge in [0, 0.05) is 0 Å². The molecule has 0 bridgehead atoms. The minimum absolute atomic E-state index is 0.235. The van der Waals surface area contributed by atoms with Gasteiger partial charge in [-0.2, -0.15) is 0 Å². The molecular weight excluding hydrogens is 392 g/mol. The molecule has 0 radical (unpaired) electrons. The number of carbonyl (C=O) groups is 1. The smallest absolute Gasteiger partial charge is 0.337 e. The van der Waals surface area contributed by atoms with Gasteiger partial charge in [-0.25, -0.2) is 4.79 Å². The molecule has 0 aliphatic heterocycles. The van der Waals surface area contributed by atoms with Gasteiger partial charge in [0.25, 0.3) is 0 Å². The molecule has 0 aromatic heterocycles. The minimum Gasteiger partial charge on any atom is -0.465 e. The topological polar surface area (TPSA) is 26.3 Å². The summed E-state index contributed by atoms with van der Waals surface area (Å²) in [5, 5.41) is 0. The first-order chi connectivity index (χ1) is 15.7. The van der Waals surface area contributed by atoms with Gasteiger partial charge in [-0.15, -0.1) is 0 Å². The molecule has 2 heteroatoms. The molecule has 0 fully saturated rings. The van der Waals surface area contributed by atoms with E-state index in [1.807, 2.05) is 12.1 Å². The molecule has 3 aromatic carbocycles. The Morgan fingerprint density at radius 2 is 0.969 bits per heavy atom. The first kappa shape index (κ1) is 23.8. The summed E-state index contributed by atoms with van der Waals surface area (Å²) >= 11 is 0. The van der Waals surface area contributed by atoms with Gasteiger partial charge in [0.2, 0.25) is 0 Å². The van der Waals surface area contributed by atoms with Crippen LogP contribution in [0.5, 0.6) is 0 Å². The molecular formula is C30H36O2. The van der Waals surface area contributed by atoms with Crippen molar-refractivity contribution in [3.8, 4) is 0 Å². The van der Waals surface area contributed by atoms with Crippen LogP contribution in [0.3, 0.4) is 0 Å². The highest BCUT2D eigenvalue weighted by atomic mass is 16.5. The van der Waals surface area contributed by atoms with Gasteiger partial charge in [0.1, 0.15) is 0 Å². The van der Waals surface area contributed by atoms with E-state index in [4.69, 9.17) is 4.74 Å². The van der Waals surface area contributed by atoms with E-state index in [0.29, 0.717) is 5.56 Å². The van der Waals surface area contributed by atoms with Gasteiger partial charge in [-0.1, -0.05) is 79.6 Å². The zero-order chi connectivity index (χ0) is 22.4. The Kier molecular flexibility index (Phi) is 10.1. The maximum atomic E-state index is 12.2. The Bertz CT molecular complexity index is 864. The fraction of sp³-hybridized carbons (Fsp3) is 0.367. The zero-order valence-electron chi connectivity index (χ0n) is 19.4. The van der Waals surface area contributed by atoms with Gasteiger partial charge in [-0.05, 0) is 85.8 Å². The van der Waals surface area contributed by atoms with Crippen LogP contribution in [0.15, 0.2) is 78.9 Å². The van der Waals surface area contributed by atoms with Crippen molar-refractivity contribution in [2.24, 2.45) is 0 Å². The van der Waals surface area contributed by atoms with Crippen LogP contribution in [0, 0.1) is 0 Å². The highest BCUT2D eigenvalue weighted by molar-refractivity contribution is 5.89. The van der Waals surface area contributed by atoms with Crippen LogP contribution in [-0.2, 0) is 30.4 Å². The van der Waals surface area contributed by atoms with Gasteiger partial charge in [-0.3, -0.25) is 0 Å². The fourth-order valence-corrected chi connectivity index (χ4v) is 4.25. The van der Waals surface area contributed by atoms with E-state index in [-0.39, 0.29) is 5.97 Å².